The number of hydrogen-bond donors (Lipinski definition) is 0. The van der Waals surface area contributed by atoms with Crippen molar-refractivity contribution in [3.63, 3.8) is 0 Å². The van der Waals surface area contributed by atoms with E-state index in [0.717, 1.165) is 43.2 Å². The fourth-order valence-corrected chi connectivity index (χ4v) is 4.40. The highest BCUT2D eigenvalue weighted by molar-refractivity contribution is 7.20. The number of nitrogens with zero attached hydrogens (tertiary/aromatic N) is 2. The van der Waals surface area contributed by atoms with Crippen LogP contribution >= 0.6 is 22.7 Å². The molecule has 0 N–H and O–H groups in total. The van der Waals surface area contributed by atoms with Crippen LogP contribution in [-0.2, 0) is 16.1 Å². The SMILES string of the molecule is CCOC(=O)C1CCCN(Cc2csc(-c3cccs3)n2)C1. The van der Waals surface area contributed by atoms with Crippen LogP contribution in [0.15, 0.2) is 22.9 Å². The Bertz CT molecular complexity index is 609. The van der Waals surface area contributed by atoms with Crippen LogP contribution < -0.4 is 0 Å². The maximum atomic E-state index is 11.9. The predicted molar refractivity (Wildman–Crippen MR) is 90.1 cm³/mol. The molecule has 0 spiro atoms. The number of rotatable bonds is 5. The number of likely N-dealkylation sites (tertiary alicyclic amines) is 1. The number of piperidine rings is 1. The van der Waals surface area contributed by atoms with Gasteiger partial charge in [-0.1, -0.05) is 6.07 Å². The Morgan fingerprint density at radius 1 is 1.50 bits per heavy atom. The maximum absolute atomic E-state index is 11.9. The van der Waals surface area contributed by atoms with E-state index >= 15 is 0 Å². The van der Waals surface area contributed by atoms with Crippen LogP contribution in [0.3, 0.4) is 0 Å². The predicted octanol–water partition coefficient (Wildman–Crippen LogP) is 3.65. The van der Waals surface area contributed by atoms with Gasteiger partial charge < -0.3 is 4.74 Å². The van der Waals surface area contributed by atoms with Gasteiger partial charge in [0.1, 0.15) is 5.01 Å². The molecule has 22 heavy (non-hydrogen) atoms. The van der Waals surface area contributed by atoms with E-state index in [1.165, 1.54) is 4.88 Å². The summed E-state index contributed by atoms with van der Waals surface area (Å²) >= 11 is 3.41. The first-order valence-electron chi connectivity index (χ1n) is 7.63. The fourth-order valence-electron chi connectivity index (χ4n) is 2.77. The fraction of sp³-hybridized carbons (Fsp3) is 0.500. The second kappa shape index (κ2) is 7.35. The minimum atomic E-state index is -0.0512. The normalized spacial score (nSPS) is 19.2. The Hall–Kier alpha value is -1.24. The summed E-state index contributed by atoms with van der Waals surface area (Å²) in [6, 6.07) is 4.15. The molecule has 6 heteroatoms. The molecular formula is C16H20N2O2S2. The molecule has 118 valence electrons. The molecule has 4 nitrogen and oxygen atoms in total. The van der Waals surface area contributed by atoms with Crippen LogP contribution in [0, 0.1) is 5.92 Å². The molecule has 3 heterocycles. The van der Waals surface area contributed by atoms with Gasteiger partial charge >= 0.3 is 5.97 Å². The van der Waals surface area contributed by atoms with Gasteiger partial charge in [-0.05, 0) is 37.8 Å². The summed E-state index contributed by atoms with van der Waals surface area (Å²) in [5.41, 5.74) is 1.10. The summed E-state index contributed by atoms with van der Waals surface area (Å²) in [5, 5.41) is 5.29. The first-order chi connectivity index (χ1) is 10.8. The van der Waals surface area contributed by atoms with Crippen LogP contribution in [0.1, 0.15) is 25.5 Å². The first-order valence-corrected chi connectivity index (χ1v) is 9.39. The first kappa shape index (κ1) is 15.6. The van der Waals surface area contributed by atoms with E-state index in [1.807, 2.05) is 6.92 Å². The number of thiophene rings is 1. The lowest BCUT2D eigenvalue weighted by Gasteiger charge is -2.30. The van der Waals surface area contributed by atoms with E-state index in [2.05, 4.69) is 27.8 Å². The highest BCUT2D eigenvalue weighted by atomic mass is 32.1. The number of carbonyl (C=O) groups is 1. The van der Waals surface area contributed by atoms with Crippen molar-refractivity contribution in [3.8, 4) is 9.88 Å². The molecule has 1 unspecified atom stereocenters. The van der Waals surface area contributed by atoms with Gasteiger partial charge in [0.2, 0.25) is 0 Å². The van der Waals surface area contributed by atoms with E-state index in [1.54, 1.807) is 22.7 Å². The lowest BCUT2D eigenvalue weighted by molar-refractivity contribution is -0.150. The second-order valence-electron chi connectivity index (χ2n) is 5.45. The quantitative estimate of drug-likeness (QED) is 0.782. The van der Waals surface area contributed by atoms with Crippen molar-refractivity contribution in [1.29, 1.82) is 0 Å². The van der Waals surface area contributed by atoms with E-state index in [4.69, 9.17) is 9.72 Å². The van der Waals surface area contributed by atoms with Gasteiger partial charge in [-0.25, -0.2) is 4.98 Å². The number of carbonyl (C=O) groups excluding carboxylic acids is 1. The van der Waals surface area contributed by atoms with Gasteiger partial charge in [0.05, 0.1) is 23.1 Å². The van der Waals surface area contributed by atoms with Crippen LogP contribution in [0.4, 0.5) is 0 Å². The largest absolute Gasteiger partial charge is 0.466 e. The van der Waals surface area contributed by atoms with Crippen molar-refractivity contribution < 1.29 is 9.53 Å². The van der Waals surface area contributed by atoms with Gasteiger partial charge in [-0.3, -0.25) is 9.69 Å². The van der Waals surface area contributed by atoms with Gasteiger partial charge in [0.15, 0.2) is 0 Å². The molecular weight excluding hydrogens is 316 g/mol. The van der Waals surface area contributed by atoms with E-state index in [0.29, 0.717) is 6.61 Å². The molecule has 0 bridgehead atoms. The monoisotopic (exact) mass is 336 g/mol. The molecule has 0 saturated carbocycles. The van der Waals surface area contributed by atoms with Gasteiger partial charge in [-0.2, -0.15) is 0 Å². The van der Waals surface area contributed by atoms with Crippen molar-refractivity contribution in [2.24, 2.45) is 5.92 Å². The van der Waals surface area contributed by atoms with Crippen molar-refractivity contribution in [2.45, 2.75) is 26.3 Å². The Labute approximate surface area is 138 Å². The molecule has 2 aromatic rings. The zero-order valence-corrected chi connectivity index (χ0v) is 14.3. The van der Waals surface area contributed by atoms with Crippen molar-refractivity contribution >= 4 is 28.6 Å². The van der Waals surface area contributed by atoms with Crippen molar-refractivity contribution in [3.05, 3.63) is 28.6 Å². The Kier molecular flexibility index (Phi) is 5.23. The third-order valence-corrected chi connectivity index (χ3v) is 5.72. The van der Waals surface area contributed by atoms with Gasteiger partial charge in [0.25, 0.3) is 0 Å². The Morgan fingerprint density at radius 2 is 2.41 bits per heavy atom. The average molecular weight is 336 g/mol. The highest BCUT2D eigenvalue weighted by Crippen LogP contribution is 2.28. The van der Waals surface area contributed by atoms with E-state index in [-0.39, 0.29) is 11.9 Å². The molecule has 0 aromatic carbocycles. The molecule has 1 fully saturated rings. The third kappa shape index (κ3) is 3.74. The summed E-state index contributed by atoms with van der Waals surface area (Å²) in [4.78, 5) is 20.2. The second-order valence-corrected chi connectivity index (χ2v) is 7.25. The summed E-state index contributed by atoms with van der Waals surface area (Å²) in [6.07, 6.45) is 1.98. The zero-order valence-electron chi connectivity index (χ0n) is 12.7. The number of thiazole rings is 1. The number of aromatic nitrogens is 1. The molecule has 3 rings (SSSR count). The summed E-state index contributed by atoms with van der Waals surface area (Å²) in [6.45, 7) is 4.95. The summed E-state index contributed by atoms with van der Waals surface area (Å²) in [5.74, 6) is -0.0335. The smallest absolute Gasteiger partial charge is 0.310 e. The summed E-state index contributed by atoms with van der Waals surface area (Å²) < 4.78 is 5.16. The molecule has 1 aliphatic rings. The molecule has 1 saturated heterocycles. The minimum Gasteiger partial charge on any atom is -0.466 e. The van der Waals surface area contributed by atoms with Crippen LogP contribution in [0.2, 0.25) is 0 Å². The summed E-state index contributed by atoms with van der Waals surface area (Å²) in [7, 11) is 0. The molecule has 1 atom stereocenters. The average Bonchev–Trinajstić information content (AvgIpc) is 3.18. The molecule has 0 radical (unpaired) electrons. The number of ether oxygens (including phenoxy) is 1. The standard InChI is InChI=1S/C16H20N2O2S2/c1-2-20-16(19)12-5-3-7-18(9-12)10-13-11-22-15(17-13)14-6-4-8-21-14/h4,6,8,11-12H,2-3,5,7,9-10H2,1H3. The van der Waals surface area contributed by atoms with Crippen molar-refractivity contribution in [2.75, 3.05) is 19.7 Å². The minimum absolute atomic E-state index is 0.0177. The lowest BCUT2D eigenvalue weighted by Crippen LogP contribution is -2.39. The van der Waals surface area contributed by atoms with E-state index in [9.17, 15) is 4.79 Å². The number of esters is 1. The van der Waals surface area contributed by atoms with Crippen LogP contribution in [0.5, 0.6) is 0 Å². The van der Waals surface area contributed by atoms with Crippen LogP contribution in [0.25, 0.3) is 9.88 Å². The zero-order chi connectivity index (χ0) is 15.4. The number of hydrogen-bond acceptors (Lipinski definition) is 6. The van der Waals surface area contributed by atoms with E-state index < -0.39 is 0 Å². The van der Waals surface area contributed by atoms with Crippen LogP contribution in [-0.4, -0.2) is 35.5 Å². The van der Waals surface area contributed by atoms with Crippen molar-refractivity contribution in [1.82, 2.24) is 9.88 Å². The Morgan fingerprint density at radius 3 is 3.18 bits per heavy atom. The molecule has 0 amide bonds. The Balaban J connectivity index is 1.60. The van der Waals surface area contributed by atoms with Gasteiger partial charge in [0, 0.05) is 18.5 Å². The topological polar surface area (TPSA) is 42.4 Å². The highest BCUT2D eigenvalue weighted by Gasteiger charge is 2.27. The third-order valence-electron chi connectivity index (χ3n) is 3.79. The maximum Gasteiger partial charge on any atom is 0.310 e. The van der Waals surface area contributed by atoms with Gasteiger partial charge in [-0.15, -0.1) is 22.7 Å². The molecule has 1 aliphatic heterocycles. The molecule has 2 aromatic heterocycles. The molecule has 0 aliphatic carbocycles. The lowest BCUT2D eigenvalue weighted by atomic mass is 9.98.